The van der Waals surface area contributed by atoms with Gasteiger partial charge in [0.2, 0.25) is 11.2 Å². The zero-order chi connectivity index (χ0) is 34.6. The third-order valence-corrected chi connectivity index (χ3v) is 11.3. The monoisotopic (exact) mass is 731 g/mol. The van der Waals surface area contributed by atoms with Gasteiger partial charge < -0.3 is 40.0 Å². The number of aromatic hydroxyl groups is 1. The molecular weight excluding hydrogens is 682 g/mol. The molecule has 0 bridgehead atoms. The van der Waals surface area contributed by atoms with E-state index in [4.69, 9.17) is 9.47 Å². The SMILES string of the molecule is CN(CCCOCCCCCCNC[C@H](O)c1ccc(O)c2[nH]c(=O)ccc12)[C@H]1CC[C@H](OC(=O)C(O)(c2cccs2)c2cccs2)CC1.F. The molecule has 1 atom stereocenters. The number of thiophene rings is 2. The van der Waals surface area contributed by atoms with Gasteiger partial charge in [0, 0.05) is 43.8 Å². The number of unbranched alkanes of at least 4 members (excludes halogenated alkanes) is 3. The summed E-state index contributed by atoms with van der Waals surface area (Å²) in [6.45, 7) is 3.64. The summed E-state index contributed by atoms with van der Waals surface area (Å²) in [6.07, 6.45) is 7.72. The van der Waals surface area contributed by atoms with Crippen molar-refractivity contribution in [3.63, 3.8) is 0 Å². The first kappa shape index (κ1) is 39.6. The van der Waals surface area contributed by atoms with Crippen LogP contribution in [0.25, 0.3) is 10.9 Å². The molecule has 3 heterocycles. The van der Waals surface area contributed by atoms with Crippen LogP contribution in [-0.4, -0.2) is 83.2 Å². The van der Waals surface area contributed by atoms with E-state index >= 15 is 0 Å². The summed E-state index contributed by atoms with van der Waals surface area (Å²) in [6, 6.07) is 13.9. The Morgan fingerprint density at radius 1 is 0.980 bits per heavy atom. The number of esters is 1. The van der Waals surface area contributed by atoms with Crippen LogP contribution in [0, 0.1) is 0 Å². The van der Waals surface area contributed by atoms with Crippen LogP contribution >= 0.6 is 22.7 Å². The Hall–Kier alpha value is -3.17. The number of benzene rings is 1. The van der Waals surface area contributed by atoms with E-state index in [2.05, 4.69) is 22.2 Å². The Morgan fingerprint density at radius 2 is 1.66 bits per heavy atom. The fourth-order valence-electron chi connectivity index (χ4n) is 6.54. The smallest absolute Gasteiger partial charge is 0.349 e. The molecule has 50 heavy (non-hydrogen) atoms. The van der Waals surface area contributed by atoms with E-state index in [1.165, 1.54) is 34.8 Å². The molecule has 1 saturated carbocycles. The fraction of sp³-hybridized carbons (Fsp3) is 0.514. The maximum absolute atomic E-state index is 13.3. The molecule has 1 aliphatic carbocycles. The van der Waals surface area contributed by atoms with Crippen LogP contribution in [0.4, 0.5) is 4.70 Å². The topological polar surface area (TPSA) is 144 Å². The van der Waals surface area contributed by atoms with Gasteiger partial charge in [-0.15, -0.1) is 22.7 Å². The Bertz CT molecular complexity index is 1610. The summed E-state index contributed by atoms with van der Waals surface area (Å²) in [7, 11) is 2.16. The molecular formula is C37H50FN3O7S2. The van der Waals surface area contributed by atoms with Gasteiger partial charge in [-0.05, 0) is 99.1 Å². The first-order chi connectivity index (χ1) is 23.8. The highest BCUT2D eigenvalue weighted by Crippen LogP contribution is 2.38. The van der Waals surface area contributed by atoms with Gasteiger partial charge in [-0.2, -0.15) is 0 Å². The Kier molecular flexibility index (Phi) is 15.4. The van der Waals surface area contributed by atoms with E-state index in [-0.39, 0.29) is 22.1 Å². The molecule has 0 saturated heterocycles. The van der Waals surface area contributed by atoms with Gasteiger partial charge in [0.25, 0.3) is 0 Å². The number of aromatic nitrogens is 1. The lowest BCUT2D eigenvalue weighted by molar-refractivity contribution is -0.169. The Balaban J connectivity index is 0.00000562. The summed E-state index contributed by atoms with van der Waals surface area (Å²) in [5.74, 6) is -0.597. The number of carbonyl (C=O) groups is 1. The van der Waals surface area contributed by atoms with Crippen LogP contribution < -0.4 is 10.9 Å². The molecule has 10 nitrogen and oxygen atoms in total. The van der Waals surface area contributed by atoms with Crippen molar-refractivity contribution in [2.45, 2.75) is 81.6 Å². The van der Waals surface area contributed by atoms with Gasteiger partial charge >= 0.3 is 5.97 Å². The first-order valence-electron chi connectivity index (χ1n) is 17.3. The van der Waals surface area contributed by atoms with Gasteiger partial charge in [-0.3, -0.25) is 9.50 Å². The van der Waals surface area contributed by atoms with Gasteiger partial charge in [0.15, 0.2) is 0 Å². The van der Waals surface area contributed by atoms with E-state index in [1.54, 1.807) is 24.3 Å². The van der Waals surface area contributed by atoms with E-state index in [9.17, 15) is 24.9 Å². The molecule has 0 amide bonds. The molecule has 1 aliphatic rings. The minimum Gasteiger partial charge on any atom is -0.506 e. The number of phenolic OH excluding ortho intramolecular Hbond substituents is 1. The number of H-pyrrole nitrogens is 1. The second kappa shape index (κ2) is 19.4. The van der Waals surface area contributed by atoms with E-state index in [0.717, 1.165) is 84.1 Å². The third kappa shape index (κ3) is 10.2. The van der Waals surface area contributed by atoms with Crippen molar-refractivity contribution in [3.05, 3.63) is 85.0 Å². The molecule has 4 aromatic rings. The van der Waals surface area contributed by atoms with Crippen LogP contribution in [0.5, 0.6) is 5.75 Å². The third-order valence-electron chi connectivity index (χ3n) is 9.39. The molecule has 3 aromatic heterocycles. The molecule has 0 unspecified atom stereocenters. The normalized spacial score (nSPS) is 17.1. The fourth-order valence-corrected chi connectivity index (χ4v) is 8.25. The van der Waals surface area contributed by atoms with Crippen molar-refractivity contribution in [2.75, 3.05) is 39.9 Å². The standard InChI is InChI=1S/C37H49N3O7S2.FH/c1-40(26-11-13-27(14-12-26)47-36(44)37(45,32-9-6-23-48-32)33-10-7-24-49-33)20-8-22-46-21-5-3-2-4-19-38-25-31(42)28-15-17-30(41)35-29(28)16-18-34(43)39-35;/h6-7,9-10,15-18,23-24,26-27,31,38,41-42,45H,2-5,8,11-14,19-22,25H2,1H3,(H,39,43);1H/t26-,27-,31-;/m0./s1. The number of hydrogen-bond donors (Lipinski definition) is 5. The van der Waals surface area contributed by atoms with Crippen molar-refractivity contribution >= 4 is 39.5 Å². The van der Waals surface area contributed by atoms with Gasteiger partial charge in [0.05, 0.1) is 21.4 Å². The predicted molar refractivity (Wildman–Crippen MR) is 197 cm³/mol. The van der Waals surface area contributed by atoms with Crippen molar-refractivity contribution in [3.8, 4) is 5.75 Å². The lowest BCUT2D eigenvalue weighted by Gasteiger charge is -2.35. The summed E-state index contributed by atoms with van der Waals surface area (Å²) < 4.78 is 11.8. The number of pyridine rings is 1. The summed E-state index contributed by atoms with van der Waals surface area (Å²) in [4.78, 5) is 31.1. The lowest BCUT2D eigenvalue weighted by atomic mass is 9.91. The van der Waals surface area contributed by atoms with E-state index < -0.39 is 17.7 Å². The quantitative estimate of drug-likeness (QED) is 0.0595. The van der Waals surface area contributed by atoms with Crippen molar-refractivity contribution in [1.82, 2.24) is 15.2 Å². The molecule has 1 aromatic carbocycles. The van der Waals surface area contributed by atoms with Crippen LogP contribution in [0.15, 0.2) is 64.1 Å². The number of aromatic amines is 1. The van der Waals surface area contributed by atoms with Crippen molar-refractivity contribution < 1.29 is 34.3 Å². The number of phenols is 1. The van der Waals surface area contributed by atoms with E-state index in [1.807, 2.05) is 22.9 Å². The lowest BCUT2D eigenvalue weighted by Crippen LogP contribution is -2.42. The van der Waals surface area contributed by atoms with Crippen molar-refractivity contribution in [2.24, 2.45) is 0 Å². The number of aliphatic hydroxyl groups excluding tert-OH is 1. The van der Waals surface area contributed by atoms with Crippen LogP contribution in [0.1, 0.15) is 79.2 Å². The van der Waals surface area contributed by atoms with E-state index in [0.29, 0.717) is 38.8 Å². The number of ether oxygens (including phenoxy) is 2. The molecule has 5 rings (SSSR count). The zero-order valence-corrected chi connectivity index (χ0v) is 30.2. The highest BCUT2D eigenvalue weighted by Gasteiger charge is 2.45. The highest BCUT2D eigenvalue weighted by atomic mass is 32.1. The second-order valence-electron chi connectivity index (χ2n) is 12.9. The summed E-state index contributed by atoms with van der Waals surface area (Å²) in [5, 5.41) is 39.9. The maximum atomic E-state index is 13.3. The Morgan fingerprint density at radius 3 is 2.34 bits per heavy atom. The molecule has 0 aliphatic heterocycles. The van der Waals surface area contributed by atoms with Crippen molar-refractivity contribution in [1.29, 1.82) is 0 Å². The zero-order valence-electron chi connectivity index (χ0n) is 28.6. The number of halogens is 1. The minimum atomic E-state index is -1.75. The molecule has 1 fully saturated rings. The average Bonchev–Trinajstić information content (AvgIpc) is 3.85. The average molecular weight is 732 g/mol. The minimum absolute atomic E-state index is 0. The number of hydrogen-bond acceptors (Lipinski definition) is 11. The molecule has 13 heteroatoms. The molecule has 274 valence electrons. The predicted octanol–water partition coefficient (Wildman–Crippen LogP) is 5.82. The van der Waals surface area contributed by atoms with Gasteiger partial charge in [0.1, 0.15) is 11.9 Å². The summed E-state index contributed by atoms with van der Waals surface area (Å²) >= 11 is 2.72. The first-order valence-corrected chi connectivity index (χ1v) is 19.1. The number of fused-ring (bicyclic) bond motifs is 1. The number of nitrogens with one attached hydrogen (secondary N) is 2. The molecule has 0 spiro atoms. The number of rotatable bonds is 19. The summed E-state index contributed by atoms with van der Waals surface area (Å²) in [5.41, 5.74) is -1.04. The maximum Gasteiger partial charge on any atom is 0.349 e. The number of carbonyl (C=O) groups excluding carboxylic acids is 1. The van der Waals surface area contributed by atoms with Gasteiger partial charge in [-0.1, -0.05) is 31.0 Å². The Labute approximate surface area is 300 Å². The van der Waals surface area contributed by atoms with Gasteiger partial charge in [-0.25, -0.2) is 4.79 Å². The highest BCUT2D eigenvalue weighted by molar-refractivity contribution is 7.12. The largest absolute Gasteiger partial charge is 0.506 e. The number of aliphatic hydroxyl groups is 2. The second-order valence-corrected chi connectivity index (χ2v) is 14.8. The molecule has 0 radical (unpaired) electrons. The van der Waals surface area contributed by atoms with Crippen LogP contribution in [0.3, 0.4) is 0 Å². The van der Waals surface area contributed by atoms with Crippen LogP contribution in [-0.2, 0) is 19.9 Å². The molecule has 5 N–H and O–H groups in total. The van der Waals surface area contributed by atoms with Crippen LogP contribution in [0.2, 0.25) is 0 Å². The number of nitrogens with zero attached hydrogens (tertiary/aromatic N) is 1.